The highest BCUT2D eigenvalue weighted by atomic mass is 19.1. The Hall–Kier alpha value is -4.84. The molecular weight excluding hydrogens is 529 g/mol. The van der Waals surface area contributed by atoms with Crippen molar-refractivity contribution < 1.29 is 23.8 Å². The van der Waals surface area contributed by atoms with Gasteiger partial charge in [0.15, 0.2) is 0 Å². The zero-order valence-electron chi connectivity index (χ0n) is 22.8. The van der Waals surface area contributed by atoms with Crippen molar-refractivity contribution in [1.29, 1.82) is 0 Å². The van der Waals surface area contributed by atoms with Crippen molar-refractivity contribution in [3.8, 4) is 28.6 Å². The molecule has 0 radical (unpaired) electrons. The molecule has 0 bridgehead atoms. The van der Waals surface area contributed by atoms with E-state index >= 15 is 4.39 Å². The zero-order chi connectivity index (χ0) is 28.7. The highest BCUT2D eigenvalue weighted by molar-refractivity contribution is 6.04. The first-order chi connectivity index (χ1) is 19.8. The number of aryl methyl sites for hydroxylation is 1. The lowest BCUT2D eigenvalue weighted by atomic mass is 10.0. The van der Waals surface area contributed by atoms with E-state index in [2.05, 4.69) is 24.9 Å². The first-order valence-electron chi connectivity index (χ1n) is 13.2. The molecule has 41 heavy (non-hydrogen) atoms. The molecule has 5 aromatic rings. The number of carbonyl (C=O) groups excluding carboxylic acids is 1. The van der Waals surface area contributed by atoms with Crippen molar-refractivity contribution in [2.75, 3.05) is 38.3 Å². The Morgan fingerprint density at radius 2 is 1.83 bits per heavy atom. The zero-order valence-corrected chi connectivity index (χ0v) is 22.8. The van der Waals surface area contributed by atoms with Crippen molar-refractivity contribution in [2.24, 2.45) is 0 Å². The van der Waals surface area contributed by atoms with Gasteiger partial charge in [0, 0.05) is 53.6 Å². The quantitative estimate of drug-likeness (QED) is 0.335. The molecule has 1 N–H and O–H groups in total. The first kappa shape index (κ1) is 26.4. The summed E-state index contributed by atoms with van der Waals surface area (Å²) in [5.74, 6) is 0.134. The number of rotatable bonds is 6. The van der Waals surface area contributed by atoms with E-state index in [4.69, 9.17) is 9.47 Å². The molecule has 0 aliphatic carbocycles. The molecule has 11 nitrogen and oxygen atoms in total. The second-order valence-electron chi connectivity index (χ2n) is 9.83. The molecule has 0 saturated carbocycles. The maximum absolute atomic E-state index is 15.5. The molecule has 1 unspecified atom stereocenters. The smallest absolute Gasteiger partial charge is 0.322 e. The maximum atomic E-state index is 15.5. The summed E-state index contributed by atoms with van der Waals surface area (Å²) in [6.07, 6.45) is 3.91. The van der Waals surface area contributed by atoms with Crippen LogP contribution in [0.5, 0.6) is 17.5 Å². The van der Waals surface area contributed by atoms with Gasteiger partial charge in [-0.3, -0.25) is 9.78 Å². The van der Waals surface area contributed by atoms with E-state index in [1.807, 2.05) is 11.6 Å². The third-order valence-corrected chi connectivity index (χ3v) is 7.12. The van der Waals surface area contributed by atoms with E-state index in [1.165, 1.54) is 20.1 Å². The molecule has 1 fully saturated rings. The predicted molar refractivity (Wildman–Crippen MR) is 150 cm³/mol. The summed E-state index contributed by atoms with van der Waals surface area (Å²) in [6, 6.07) is 10.3. The van der Waals surface area contributed by atoms with Crippen molar-refractivity contribution in [3.05, 3.63) is 66.6 Å². The maximum Gasteiger partial charge on any atom is 0.322 e. The molecule has 2 aromatic carbocycles. The van der Waals surface area contributed by atoms with Gasteiger partial charge in [0.1, 0.15) is 40.8 Å². The number of hydrogen-bond acceptors (Lipinski definition) is 9. The summed E-state index contributed by atoms with van der Waals surface area (Å²) in [7, 11) is 1.52. The second kappa shape index (κ2) is 10.6. The van der Waals surface area contributed by atoms with Crippen LogP contribution in [-0.2, 0) is 4.79 Å². The van der Waals surface area contributed by atoms with Gasteiger partial charge < -0.3 is 24.5 Å². The molecule has 1 atom stereocenters. The van der Waals surface area contributed by atoms with Crippen LogP contribution in [-0.4, -0.2) is 79.9 Å². The van der Waals surface area contributed by atoms with Gasteiger partial charge in [0.2, 0.25) is 0 Å². The van der Waals surface area contributed by atoms with E-state index in [1.54, 1.807) is 54.0 Å². The Morgan fingerprint density at radius 3 is 2.56 bits per heavy atom. The number of aromatic nitrogens is 5. The fourth-order valence-corrected chi connectivity index (χ4v) is 5.05. The molecule has 6 rings (SSSR count). The van der Waals surface area contributed by atoms with E-state index in [0.717, 1.165) is 16.6 Å². The lowest BCUT2D eigenvalue weighted by molar-refractivity contribution is -0.139. The molecule has 12 heteroatoms. The summed E-state index contributed by atoms with van der Waals surface area (Å²) in [5, 5.41) is 12.5. The monoisotopic (exact) mass is 557 g/mol. The number of piperazine rings is 1. The number of pyridine rings is 1. The molecule has 1 aliphatic heterocycles. The largest absolute Gasteiger partial charge is 0.496 e. The SMILES string of the molecule is COc1cc(Oc2nccc(C)n2)ccc1-c1cc2c(cc1F)ncc1ncn(N3CCN(C(=O)C(C)O)CC3)c12. The molecule has 210 valence electrons. The van der Waals surface area contributed by atoms with E-state index in [9.17, 15) is 9.90 Å². The number of hydrogen-bond donors (Lipinski definition) is 1. The topological polar surface area (TPSA) is 119 Å². The first-order valence-corrected chi connectivity index (χ1v) is 13.2. The van der Waals surface area contributed by atoms with Gasteiger partial charge in [-0.05, 0) is 38.1 Å². The summed E-state index contributed by atoms with van der Waals surface area (Å²) in [5.41, 5.74) is 3.57. The lowest BCUT2D eigenvalue weighted by Gasteiger charge is -2.37. The Labute approximate surface area is 234 Å². The molecule has 1 aliphatic rings. The highest BCUT2D eigenvalue weighted by Crippen LogP contribution is 2.38. The minimum atomic E-state index is -1.03. The van der Waals surface area contributed by atoms with Crippen LogP contribution >= 0.6 is 0 Å². The fraction of sp³-hybridized carbons (Fsp3) is 0.276. The second-order valence-corrected chi connectivity index (χ2v) is 9.83. The number of carbonyl (C=O) groups is 1. The van der Waals surface area contributed by atoms with Crippen molar-refractivity contribution in [3.63, 3.8) is 0 Å². The summed E-state index contributed by atoms with van der Waals surface area (Å²) >= 11 is 0. The van der Waals surface area contributed by atoms with Crippen LogP contribution in [0.15, 0.2) is 55.1 Å². The van der Waals surface area contributed by atoms with Crippen LogP contribution in [0.3, 0.4) is 0 Å². The number of aliphatic hydroxyl groups is 1. The number of imidazole rings is 1. The number of ether oxygens (including phenoxy) is 2. The van der Waals surface area contributed by atoms with Crippen molar-refractivity contribution in [1.82, 2.24) is 29.5 Å². The van der Waals surface area contributed by atoms with Gasteiger partial charge in [-0.2, -0.15) is 0 Å². The Balaban J connectivity index is 1.37. The standard InChI is InChI=1S/C29H28FN7O4/c1-17-6-7-31-29(34-17)41-19-4-5-20(26(12-19)40-3)21-13-22-24(14-23(21)30)32-15-25-27(22)37(16-33-25)36-10-8-35(9-11-36)28(39)18(2)38/h4-7,12-16,18,38H,8-11H2,1-3H3. The van der Waals surface area contributed by atoms with Gasteiger partial charge in [-0.1, -0.05) is 0 Å². The Morgan fingerprint density at radius 1 is 1.02 bits per heavy atom. The Kier molecular flexibility index (Phi) is 6.83. The number of methoxy groups -OCH3 is 1. The molecule has 3 aromatic heterocycles. The minimum Gasteiger partial charge on any atom is -0.496 e. The molecule has 0 spiro atoms. The number of nitrogens with zero attached hydrogens (tertiary/aromatic N) is 7. The normalized spacial score (nSPS) is 14.5. The molecular formula is C29H28FN7O4. The third kappa shape index (κ3) is 4.97. The van der Waals surface area contributed by atoms with E-state index < -0.39 is 11.9 Å². The van der Waals surface area contributed by atoms with Crippen LogP contribution in [0, 0.1) is 12.7 Å². The van der Waals surface area contributed by atoms with Gasteiger partial charge in [0.25, 0.3) is 5.91 Å². The fourth-order valence-electron chi connectivity index (χ4n) is 5.05. The summed E-state index contributed by atoms with van der Waals surface area (Å²) < 4.78 is 28.9. The summed E-state index contributed by atoms with van der Waals surface area (Å²) in [6.45, 7) is 5.33. The average molecular weight is 558 g/mol. The highest BCUT2D eigenvalue weighted by Gasteiger charge is 2.25. The van der Waals surface area contributed by atoms with Crippen LogP contribution in [0.25, 0.3) is 33.1 Å². The molecule has 4 heterocycles. The average Bonchev–Trinajstić information content (AvgIpc) is 3.41. The third-order valence-electron chi connectivity index (χ3n) is 7.12. The van der Waals surface area contributed by atoms with Crippen molar-refractivity contribution in [2.45, 2.75) is 20.0 Å². The predicted octanol–water partition coefficient (Wildman–Crippen LogP) is 3.45. The molecule has 1 amide bonds. The summed E-state index contributed by atoms with van der Waals surface area (Å²) in [4.78, 5) is 31.3. The lowest BCUT2D eigenvalue weighted by Crippen LogP contribution is -2.54. The van der Waals surface area contributed by atoms with E-state index in [-0.39, 0.29) is 11.9 Å². The Bertz CT molecular complexity index is 1770. The molecule has 1 saturated heterocycles. The minimum absolute atomic E-state index is 0.203. The van der Waals surface area contributed by atoms with Gasteiger partial charge >= 0.3 is 6.01 Å². The number of fused-ring (bicyclic) bond motifs is 3. The van der Waals surface area contributed by atoms with Crippen LogP contribution in [0.1, 0.15) is 12.6 Å². The van der Waals surface area contributed by atoms with Crippen molar-refractivity contribution >= 4 is 27.8 Å². The number of benzene rings is 2. The van der Waals surface area contributed by atoms with E-state index in [0.29, 0.717) is 59.8 Å². The van der Waals surface area contributed by atoms with Crippen LogP contribution < -0.4 is 14.5 Å². The number of aliphatic hydroxyl groups excluding tert-OH is 1. The van der Waals surface area contributed by atoms with Crippen LogP contribution in [0.4, 0.5) is 4.39 Å². The van der Waals surface area contributed by atoms with Gasteiger partial charge in [-0.25, -0.2) is 24.0 Å². The number of amides is 1. The van der Waals surface area contributed by atoms with Gasteiger partial charge in [0.05, 0.1) is 31.9 Å². The number of halogens is 1. The van der Waals surface area contributed by atoms with Crippen LogP contribution in [0.2, 0.25) is 0 Å². The van der Waals surface area contributed by atoms with Gasteiger partial charge in [-0.15, -0.1) is 0 Å².